The molecule has 59 heavy (non-hydrogen) atoms. The molecule has 9 rings (SSSR count). The number of anilines is 2. The first-order chi connectivity index (χ1) is 29.0. The number of hydrogen-bond acceptors (Lipinski definition) is 1. The number of rotatable bonds is 9. The van der Waals surface area contributed by atoms with Crippen LogP contribution in [0.5, 0.6) is 0 Å². The van der Waals surface area contributed by atoms with Gasteiger partial charge in [-0.2, -0.15) is 0 Å². The molecule has 0 bridgehead atoms. The quantitative estimate of drug-likeness (QED) is 0.132. The lowest BCUT2D eigenvalue weighted by molar-refractivity contribution is 0.639. The van der Waals surface area contributed by atoms with Crippen LogP contribution >= 0.6 is 0 Å². The van der Waals surface area contributed by atoms with Crippen LogP contribution in [0.3, 0.4) is 0 Å². The van der Waals surface area contributed by atoms with Crippen LogP contribution in [0.25, 0.3) is 28.9 Å². The molecule has 0 heterocycles. The highest BCUT2D eigenvalue weighted by molar-refractivity contribution is 5.93. The van der Waals surface area contributed by atoms with Crippen molar-refractivity contribution in [3.05, 3.63) is 244 Å². The second-order valence-electron chi connectivity index (χ2n) is 15.3. The van der Waals surface area contributed by atoms with Crippen molar-refractivity contribution in [3.63, 3.8) is 0 Å². The average molecular weight is 768 g/mol. The number of allylic oxidation sites excluding steroid dienone is 3. The van der Waals surface area contributed by atoms with E-state index < -0.39 is 5.41 Å². The van der Waals surface area contributed by atoms with Crippen molar-refractivity contribution < 1.29 is 0 Å². The van der Waals surface area contributed by atoms with Gasteiger partial charge in [0.05, 0.1) is 5.41 Å². The van der Waals surface area contributed by atoms with Crippen LogP contribution in [0, 0.1) is 0 Å². The topological polar surface area (TPSA) is 3.24 Å². The Hall–Kier alpha value is -6.44. The fourth-order valence-electron chi connectivity index (χ4n) is 9.07. The van der Waals surface area contributed by atoms with Gasteiger partial charge in [0, 0.05) is 23.3 Å². The second kappa shape index (κ2) is 18.0. The summed E-state index contributed by atoms with van der Waals surface area (Å²) in [5.41, 5.74) is 17.6. The van der Waals surface area contributed by atoms with E-state index in [1.54, 1.807) is 0 Å². The van der Waals surface area contributed by atoms with Crippen molar-refractivity contribution in [2.75, 3.05) is 11.4 Å². The Morgan fingerprint density at radius 2 is 1.00 bits per heavy atom. The van der Waals surface area contributed by atoms with E-state index >= 15 is 0 Å². The molecule has 2 aliphatic rings. The molecule has 7 aromatic rings. The third-order valence-corrected chi connectivity index (χ3v) is 12.0. The highest BCUT2D eigenvalue weighted by Gasteiger charge is 2.46. The van der Waals surface area contributed by atoms with Gasteiger partial charge in [0.1, 0.15) is 0 Å². The summed E-state index contributed by atoms with van der Waals surface area (Å²) in [6, 6.07) is 66.2. The maximum Gasteiger partial charge on any atom is 0.0713 e. The molecule has 0 aromatic heterocycles. The van der Waals surface area contributed by atoms with Crippen molar-refractivity contribution in [2.24, 2.45) is 0 Å². The van der Waals surface area contributed by atoms with Crippen LogP contribution in [0.15, 0.2) is 200 Å². The van der Waals surface area contributed by atoms with Crippen molar-refractivity contribution in [1.82, 2.24) is 0 Å². The fraction of sp³-hybridized carbons (Fsp3) is 0.172. The smallest absolute Gasteiger partial charge is 0.0713 e. The minimum atomic E-state index is -0.401. The van der Waals surface area contributed by atoms with E-state index in [-0.39, 0.29) is 5.41 Å². The van der Waals surface area contributed by atoms with Gasteiger partial charge in [-0.3, -0.25) is 0 Å². The summed E-state index contributed by atoms with van der Waals surface area (Å²) in [7, 11) is 0. The lowest BCUT2D eigenvalue weighted by Crippen LogP contribution is -2.28. The number of para-hydroxylation sites is 2. The third-order valence-electron chi connectivity index (χ3n) is 12.0. The third kappa shape index (κ3) is 7.43. The Bertz CT molecular complexity index is 2500. The molecule has 294 valence electrons. The van der Waals surface area contributed by atoms with Crippen molar-refractivity contribution in [3.8, 4) is 11.1 Å². The van der Waals surface area contributed by atoms with Crippen LogP contribution < -0.4 is 4.90 Å². The summed E-state index contributed by atoms with van der Waals surface area (Å²) in [6.07, 6.45) is 9.29. The molecular formula is C58H57N. The molecule has 1 nitrogen and oxygen atoms in total. The predicted molar refractivity (Wildman–Crippen MR) is 256 cm³/mol. The van der Waals surface area contributed by atoms with Gasteiger partial charge in [-0.15, -0.1) is 0 Å². The Morgan fingerprint density at radius 3 is 1.59 bits per heavy atom. The van der Waals surface area contributed by atoms with E-state index in [9.17, 15) is 0 Å². The molecule has 1 heteroatoms. The summed E-state index contributed by atoms with van der Waals surface area (Å²) in [4.78, 5) is 2.36. The first-order valence-electron chi connectivity index (χ1n) is 21.4. The molecule has 0 amide bonds. The van der Waals surface area contributed by atoms with Gasteiger partial charge < -0.3 is 4.90 Å². The fourth-order valence-corrected chi connectivity index (χ4v) is 9.07. The summed E-state index contributed by atoms with van der Waals surface area (Å²) in [5.74, 6) is 0. The van der Waals surface area contributed by atoms with Crippen molar-refractivity contribution in [1.29, 1.82) is 0 Å². The Morgan fingerprint density at radius 1 is 0.475 bits per heavy atom. The highest BCUT2D eigenvalue weighted by atomic mass is 15.1. The van der Waals surface area contributed by atoms with Crippen LogP contribution in [-0.4, -0.2) is 6.54 Å². The SMILES string of the molecule is CC.CC.CC1=C(/C=C\CN(c2ccccc2)c2ccccc2)c2ccc(/C=C/c3cccc4c3-c3ccccc3C4(c3ccccc3)c3ccccc3)cc2C1(C)C. The molecular weight excluding hydrogens is 711 g/mol. The maximum atomic E-state index is 2.41. The Kier molecular flexibility index (Phi) is 12.4. The number of fused-ring (bicyclic) bond motifs is 4. The van der Waals surface area contributed by atoms with E-state index in [1.165, 1.54) is 78.2 Å². The molecule has 0 fully saturated rings. The lowest BCUT2D eigenvalue weighted by atomic mass is 9.67. The van der Waals surface area contributed by atoms with Gasteiger partial charge in [0.25, 0.3) is 0 Å². The average Bonchev–Trinajstić information content (AvgIpc) is 3.71. The lowest BCUT2D eigenvalue weighted by Gasteiger charge is -2.33. The molecule has 2 aliphatic carbocycles. The molecule has 0 atom stereocenters. The van der Waals surface area contributed by atoms with Gasteiger partial charge in [-0.1, -0.05) is 229 Å². The standard InChI is InChI=1S/C54H45N.2C2H6/c1-39-46(30-19-37-55(44-25-12-6-13-26-44)45-27-14-7-15-28-45)47-36-34-40(38-51(47)53(39,2)3)33-35-41-20-18-32-50-52(41)48-29-16-17-31-49(48)54(50,42-21-8-4-9-22-42)43-23-10-5-11-24-43;2*1-2/h4-36,38H,37H2,1-3H3;2*1-2H3/b30-19-,35-33+;;. The van der Waals surface area contributed by atoms with Crippen LogP contribution in [-0.2, 0) is 10.8 Å². The van der Waals surface area contributed by atoms with E-state index in [1.807, 2.05) is 27.7 Å². The first-order valence-corrected chi connectivity index (χ1v) is 21.4. The molecule has 7 aromatic carbocycles. The molecule has 0 aliphatic heterocycles. The van der Waals surface area contributed by atoms with Crippen LogP contribution in [0.4, 0.5) is 11.4 Å². The van der Waals surface area contributed by atoms with E-state index in [4.69, 9.17) is 0 Å². The summed E-state index contributed by atoms with van der Waals surface area (Å²) >= 11 is 0. The summed E-state index contributed by atoms with van der Waals surface area (Å²) < 4.78 is 0. The van der Waals surface area contributed by atoms with Gasteiger partial charge in [-0.05, 0) is 92.4 Å². The molecule has 0 saturated heterocycles. The molecule has 0 N–H and O–H groups in total. The minimum Gasteiger partial charge on any atom is -0.338 e. The Labute approximate surface area is 353 Å². The summed E-state index contributed by atoms with van der Waals surface area (Å²) in [6.45, 7) is 15.8. The van der Waals surface area contributed by atoms with Gasteiger partial charge >= 0.3 is 0 Å². The first kappa shape index (κ1) is 40.7. The van der Waals surface area contributed by atoms with Gasteiger partial charge in [0.2, 0.25) is 0 Å². The van der Waals surface area contributed by atoms with E-state index in [0.29, 0.717) is 0 Å². The number of benzene rings is 7. The van der Waals surface area contributed by atoms with Crippen LogP contribution in [0.1, 0.15) is 93.0 Å². The maximum absolute atomic E-state index is 2.41. The van der Waals surface area contributed by atoms with Gasteiger partial charge in [0.15, 0.2) is 0 Å². The zero-order valence-electron chi connectivity index (χ0n) is 35.8. The molecule has 0 saturated carbocycles. The largest absolute Gasteiger partial charge is 0.338 e. The zero-order chi connectivity index (χ0) is 41.4. The van der Waals surface area contributed by atoms with Crippen LogP contribution in [0.2, 0.25) is 0 Å². The highest BCUT2D eigenvalue weighted by Crippen LogP contribution is 2.57. The monoisotopic (exact) mass is 767 g/mol. The minimum absolute atomic E-state index is 0.0741. The van der Waals surface area contributed by atoms with Crippen molar-refractivity contribution >= 4 is 29.1 Å². The molecule has 0 radical (unpaired) electrons. The Balaban J connectivity index is 0.00000128. The normalized spacial score (nSPS) is 14.2. The summed E-state index contributed by atoms with van der Waals surface area (Å²) in [5, 5.41) is 0. The molecule has 0 spiro atoms. The number of nitrogens with zero attached hydrogens (tertiary/aromatic N) is 1. The second-order valence-corrected chi connectivity index (χ2v) is 15.3. The van der Waals surface area contributed by atoms with Gasteiger partial charge in [-0.25, -0.2) is 0 Å². The van der Waals surface area contributed by atoms with Crippen molar-refractivity contribution in [2.45, 2.75) is 59.3 Å². The van der Waals surface area contributed by atoms with E-state index in [0.717, 1.165) is 6.54 Å². The predicted octanol–water partition coefficient (Wildman–Crippen LogP) is 15.7. The number of hydrogen-bond donors (Lipinski definition) is 0. The zero-order valence-corrected chi connectivity index (χ0v) is 35.8. The van der Waals surface area contributed by atoms with E-state index in [2.05, 4.69) is 232 Å². The molecule has 0 unspecified atom stereocenters.